The van der Waals surface area contributed by atoms with Crippen molar-refractivity contribution in [3.8, 4) is 0 Å². The molecule has 2 N–H and O–H groups in total. The number of carbonyl (C=O) groups excluding carboxylic acids is 1. The number of hydrogen-bond donors (Lipinski definition) is 1. The Labute approximate surface area is 114 Å². The molecule has 0 saturated carbocycles. The topological polar surface area (TPSA) is 80.5 Å². The number of primary sulfonamides is 1. The van der Waals surface area contributed by atoms with Gasteiger partial charge < -0.3 is 4.90 Å². The van der Waals surface area contributed by atoms with Crippen LogP contribution in [0, 0.1) is 6.92 Å². The van der Waals surface area contributed by atoms with Gasteiger partial charge in [-0.25, -0.2) is 13.6 Å². The highest BCUT2D eigenvalue weighted by molar-refractivity contribution is 9.10. The van der Waals surface area contributed by atoms with Gasteiger partial charge in [-0.2, -0.15) is 0 Å². The molecule has 1 aliphatic heterocycles. The summed E-state index contributed by atoms with van der Waals surface area (Å²) < 4.78 is 23.2. The highest BCUT2D eigenvalue weighted by Gasteiger charge is 2.25. The van der Waals surface area contributed by atoms with Crippen molar-refractivity contribution in [2.45, 2.75) is 18.2 Å². The van der Waals surface area contributed by atoms with Gasteiger partial charge in [-0.15, -0.1) is 0 Å². The van der Waals surface area contributed by atoms with Crippen LogP contribution in [-0.2, 0) is 10.0 Å². The third kappa shape index (κ3) is 2.43. The van der Waals surface area contributed by atoms with E-state index < -0.39 is 10.0 Å². The van der Waals surface area contributed by atoms with Crippen molar-refractivity contribution >= 4 is 31.9 Å². The number of nitrogens with two attached hydrogens (primary N) is 1. The molecule has 1 aliphatic rings. The number of hydrogen-bond acceptors (Lipinski definition) is 3. The molecule has 1 fully saturated rings. The molecule has 1 heterocycles. The van der Waals surface area contributed by atoms with Crippen LogP contribution < -0.4 is 5.14 Å². The van der Waals surface area contributed by atoms with Crippen LogP contribution in [0.2, 0.25) is 0 Å². The molecule has 0 aromatic heterocycles. The first kappa shape index (κ1) is 13.5. The quantitative estimate of drug-likeness (QED) is 0.884. The Kier molecular flexibility index (Phi) is 3.48. The number of sulfonamides is 1. The summed E-state index contributed by atoms with van der Waals surface area (Å²) in [7, 11) is -3.84. The van der Waals surface area contributed by atoms with Gasteiger partial charge in [0.2, 0.25) is 10.0 Å². The monoisotopic (exact) mass is 332 g/mol. The molecule has 1 amide bonds. The molecule has 18 heavy (non-hydrogen) atoms. The number of amides is 1. The molecule has 1 aromatic rings. The number of aryl methyl sites for hydroxylation is 1. The van der Waals surface area contributed by atoms with E-state index in [9.17, 15) is 13.2 Å². The molecule has 1 aromatic carbocycles. The molecule has 0 unspecified atom stereocenters. The maximum atomic E-state index is 12.1. The van der Waals surface area contributed by atoms with Crippen molar-refractivity contribution in [2.24, 2.45) is 5.14 Å². The first-order chi connectivity index (χ1) is 8.30. The molecule has 0 atom stereocenters. The van der Waals surface area contributed by atoms with Crippen LogP contribution in [0.15, 0.2) is 21.5 Å². The second-order valence-corrected chi connectivity index (χ2v) is 6.67. The molecule has 5 nitrogen and oxygen atoms in total. The van der Waals surface area contributed by atoms with E-state index in [-0.39, 0.29) is 10.8 Å². The van der Waals surface area contributed by atoms with Crippen LogP contribution in [0.4, 0.5) is 0 Å². The van der Waals surface area contributed by atoms with Gasteiger partial charge in [-0.1, -0.05) is 0 Å². The van der Waals surface area contributed by atoms with E-state index in [4.69, 9.17) is 5.14 Å². The molecule has 0 aliphatic carbocycles. The largest absolute Gasteiger partial charge is 0.339 e. The van der Waals surface area contributed by atoms with Gasteiger partial charge in [0.1, 0.15) is 0 Å². The number of rotatable bonds is 2. The fraction of sp³-hybridized carbons (Fsp3) is 0.364. The Morgan fingerprint density at radius 3 is 2.44 bits per heavy atom. The SMILES string of the molecule is Cc1cc(Br)c(S(N)(=O)=O)cc1C(=O)N1CCC1. The van der Waals surface area contributed by atoms with E-state index in [1.807, 2.05) is 0 Å². The van der Waals surface area contributed by atoms with E-state index in [1.54, 1.807) is 17.9 Å². The lowest BCUT2D eigenvalue weighted by Gasteiger charge is -2.31. The molecule has 0 spiro atoms. The van der Waals surface area contributed by atoms with Crippen LogP contribution in [0.5, 0.6) is 0 Å². The summed E-state index contributed by atoms with van der Waals surface area (Å²) in [5.41, 5.74) is 1.12. The lowest BCUT2D eigenvalue weighted by Crippen LogP contribution is -2.42. The average molecular weight is 333 g/mol. The van der Waals surface area contributed by atoms with Gasteiger partial charge in [-0.3, -0.25) is 4.79 Å². The van der Waals surface area contributed by atoms with Crippen molar-refractivity contribution in [1.82, 2.24) is 4.90 Å². The number of likely N-dealkylation sites (tertiary alicyclic amines) is 1. The molecule has 0 radical (unpaired) electrons. The van der Waals surface area contributed by atoms with Gasteiger partial charge in [0.25, 0.3) is 5.91 Å². The van der Waals surface area contributed by atoms with Gasteiger partial charge in [0.05, 0.1) is 4.90 Å². The lowest BCUT2D eigenvalue weighted by atomic mass is 10.1. The molecule has 1 saturated heterocycles. The summed E-state index contributed by atoms with van der Waals surface area (Å²) in [6.07, 6.45) is 0.989. The molecule has 2 rings (SSSR count). The van der Waals surface area contributed by atoms with E-state index in [2.05, 4.69) is 15.9 Å². The maximum Gasteiger partial charge on any atom is 0.254 e. The van der Waals surface area contributed by atoms with Crippen molar-refractivity contribution in [1.29, 1.82) is 0 Å². The molecular weight excluding hydrogens is 320 g/mol. The number of carbonyl (C=O) groups is 1. The minimum absolute atomic E-state index is 0.0584. The zero-order valence-electron chi connectivity index (χ0n) is 9.81. The van der Waals surface area contributed by atoms with Gasteiger partial charge >= 0.3 is 0 Å². The zero-order chi connectivity index (χ0) is 13.5. The Morgan fingerprint density at radius 2 is 2.00 bits per heavy atom. The fourth-order valence-electron chi connectivity index (χ4n) is 1.79. The van der Waals surface area contributed by atoms with E-state index in [0.29, 0.717) is 10.0 Å². The fourth-order valence-corrected chi connectivity index (χ4v) is 3.54. The van der Waals surface area contributed by atoms with Gasteiger partial charge in [0, 0.05) is 23.1 Å². The first-order valence-electron chi connectivity index (χ1n) is 5.43. The molecule has 98 valence electrons. The highest BCUT2D eigenvalue weighted by Crippen LogP contribution is 2.26. The standard InChI is InChI=1S/C11H13BrN2O3S/c1-7-5-9(12)10(18(13,16)17)6-8(7)11(15)14-3-2-4-14/h5-6H,2-4H2,1H3,(H2,13,16,17). The summed E-state index contributed by atoms with van der Waals surface area (Å²) in [5.74, 6) is -0.142. The van der Waals surface area contributed by atoms with Crippen LogP contribution in [0.25, 0.3) is 0 Å². The number of halogens is 1. The summed E-state index contributed by atoms with van der Waals surface area (Å²) in [5, 5.41) is 5.12. The van der Waals surface area contributed by atoms with E-state index in [1.165, 1.54) is 6.07 Å². The summed E-state index contributed by atoms with van der Waals surface area (Å²) in [6.45, 7) is 3.21. The Balaban J connectivity index is 2.51. The Bertz CT molecular complexity index is 609. The van der Waals surface area contributed by atoms with E-state index in [0.717, 1.165) is 25.1 Å². The third-order valence-corrected chi connectivity index (χ3v) is 4.83. The number of benzene rings is 1. The van der Waals surface area contributed by atoms with Crippen molar-refractivity contribution < 1.29 is 13.2 Å². The minimum Gasteiger partial charge on any atom is -0.339 e. The van der Waals surface area contributed by atoms with Gasteiger partial charge in [-0.05, 0) is 47.0 Å². The van der Waals surface area contributed by atoms with Crippen LogP contribution >= 0.6 is 15.9 Å². The molecule has 7 heteroatoms. The summed E-state index contributed by atoms with van der Waals surface area (Å²) in [4.78, 5) is 13.7. The Morgan fingerprint density at radius 1 is 1.39 bits per heavy atom. The summed E-state index contributed by atoms with van der Waals surface area (Å²) >= 11 is 3.15. The summed E-state index contributed by atoms with van der Waals surface area (Å²) in [6, 6.07) is 2.95. The second-order valence-electron chi connectivity index (χ2n) is 4.29. The highest BCUT2D eigenvalue weighted by atomic mass is 79.9. The smallest absolute Gasteiger partial charge is 0.254 e. The molecule has 0 bridgehead atoms. The molecular formula is C11H13BrN2O3S. The zero-order valence-corrected chi connectivity index (χ0v) is 12.2. The van der Waals surface area contributed by atoms with Gasteiger partial charge in [0.15, 0.2) is 0 Å². The van der Waals surface area contributed by atoms with Crippen LogP contribution in [-0.4, -0.2) is 32.3 Å². The Hall–Kier alpha value is -0.920. The second kappa shape index (κ2) is 4.64. The van der Waals surface area contributed by atoms with Crippen molar-refractivity contribution in [2.75, 3.05) is 13.1 Å². The lowest BCUT2D eigenvalue weighted by molar-refractivity contribution is 0.0651. The van der Waals surface area contributed by atoms with Crippen LogP contribution in [0.1, 0.15) is 22.3 Å². The van der Waals surface area contributed by atoms with Crippen molar-refractivity contribution in [3.05, 3.63) is 27.7 Å². The first-order valence-corrected chi connectivity index (χ1v) is 7.77. The van der Waals surface area contributed by atoms with Crippen molar-refractivity contribution in [3.63, 3.8) is 0 Å². The van der Waals surface area contributed by atoms with E-state index >= 15 is 0 Å². The maximum absolute atomic E-state index is 12.1. The predicted octanol–water partition coefficient (Wildman–Crippen LogP) is 1.25. The third-order valence-electron chi connectivity index (χ3n) is 2.96. The number of nitrogens with zero attached hydrogens (tertiary/aromatic N) is 1. The normalized spacial score (nSPS) is 15.4. The predicted molar refractivity (Wildman–Crippen MR) is 70.8 cm³/mol. The minimum atomic E-state index is -3.84. The van der Waals surface area contributed by atoms with Crippen LogP contribution in [0.3, 0.4) is 0 Å². The average Bonchev–Trinajstić information content (AvgIpc) is 2.11.